The molecule has 0 rings (SSSR count). The predicted molar refractivity (Wildman–Crippen MR) is 62.2 cm³/mol. The van der Waals surface area contributed by atoms with Crippen LogP contribution in [0.25, 0.3) is 0 Å². The molecule has 82 valence electrons. The Labute approximate surface area is 88.8 Å². The smallest absolute Gasteiger partial charge is 0.311 e. The first kappa shape index (κ1) is 13.5. The molecule has 0 fully saturated rings. The average Bonchev–Trinajstić information content (AvgIpc) is 2.03. The third-order valence-corrected chi connectivity index (χ3v) is 2.71. The van der Waals surface area contributed by atoms with E-state index in [0.29, 0.717) is 6.61 Å². The van der Waals surface area contributed by atoms with Gasteiger partial charge in [-0.25, -0.2) is 0 Å². The quantitative estimate of drug-likeness (QED) is 0.499. The van der Waals surface area contributed by atoms with E-state index >= 15 is 0 Å². The Morgan fingerprint density at radius 2 is 1.79 bits per heavy atom. The molecule has 0 aliphatic rings. The lowest BCUT2D eigenvalue weighted by Crippen LogP contribution is -2.32. The van der Waals surface area contributed by atoms with Crippen molar-refractivity contribution in [3.05, 3.63) is 0 Å². The summed E-state index contributed by atoms with van der Waals surface area (Å²) in [5.41, 5.74) is -0.161. The number of carbonyl (C=O) groups is 1. The van der Waals surface area contributed by atoms with E-state index in [0.717, 1.165) is 12.7 Å². The maximum Gasteiger partial charge on any atom is 0.311 e. The van der Waals surface area contributed by atoms with Gasteiger partial charge in [0.15, 0.2) is 0 Å². The van der Waals surface area contributed by atoms with Crippen LogP contribution in [0.15, 0.2) is 0 Å². The molecular weight excluding hydrogens is 175 g/mol. The first-order valence-corrected chi connectivity index (χ1v) is 5.42. The van der Waals surface area contributed by atoms with Crippen molar-refractivity contribution in [3.8, 4) is 0 Å². The third kappa shape index (κ3) is 4.16. The Bertz CT molecular complexity index is 197. The highest BCUT2D eigenvalue weighted by Crippen LogP contribution is 2.36. The zero-order valence-corrected chi connectivity index (χ0v) is 10.4. The van der Waals surface area contributed by atoms with Crippen LogP contribution in [0.3, 0.4) is 0 Å². The van der Waals surface area contributed by atoms with Crippen molar-refractivity contribution < 1.29 is 9.53 Å². The summed E-state index contributed by atoms with van der Waals surface area (Å²) < 4.78 is 5.06. The normalized spacial score (nSPS) is 12.6. The summed E-state index contributed by atoms with van der Waals surface area (Å²) in [5.74, 6) is -0.0819. The van der Waals surface area contributed by atoms with Gasteiger partial charge in [0.05, 0.1) is 12.0 Å². The molecule has 0 aromatic carbocycles. The van der Waals surface area contributed by atoms with Crippen LogP contribution in [0.4, 0.5) is 0 Å². The maximum absolute atomic E-state index is 11.6. The Balaban J connectivity index is 4.40. The summed E-state index contributed by atoms with van der Waals surface area (Å²) >= 11 is 0. The second kappa shape index (κ2) is 4.85. The van der Waals surface area contributed by atoms with Crippen LogP contribution in [0, 0.1) is 10.8 Å². The lowest BCUT2D eigenvalue weighted by molar-refractivity contribution is -0.155. The Morgan fingerprint density at radius 1 is 1.29 bits per heavy atom. The molecule has 0 saturated heterocycles. The molecule has 0 aliphatic heterocycles. The molecule has 0 radical (unpaired) electrons. The largest absolute Gasteiger partial charge is 0.466 e. The molecule has 0 amide bonds. The highest BCUT2D eigenvalue weighted by molar-refractivity contribution is 6.08. The van der Waals surface area contributed by atoms with Crippen LogP contribution in [0.5, 0.6) is 0 Å². The fraction of sp³-hybridized carbons (Fsp3) is 0.909. The maximum atomic E-state index is 11.6. The van der Waals surface area contributed by atoms with E-state index in [9.17, 15) is 4.79 Å². The van der Waals surface area contributed by atoms with Gasteiger partial charge in [-0.2, -0.15) is 0 Å². The Hall–Kier alpha value is -0.465. The van der Waals surface area contributed by atoms with Crippen LogP contribution in [0.2, 0.25) is 6.32 Å². The van der Waals surface area contributed by atoms with E-state index < -0.39 is 0 Å². The van der Waals surface area contributed by atoms with Crippen LogP contribution in [-0.4, -0.2) is 20.4 Å². The minimum Gasteiger partial charge on any atom is -0.466 e. The Morgan fingerprint density at radius 3 is 2.14 bits per heavy atom. The summed E-state index contributed by atoms with van der Waals surface area (Å²) in [5, 5.41) is 0. The summed E-state index contributed by atoms with van der Waals surface area (Å²) in [7, 11) is 2.15. The topological polar surface area (TPSA) is 26.3 Å². The summed E-state index contributed by atoms with van der Waals surface area (Å²) in [6.45, 7) is 10.6. The molecule has 0 aromatic heterocycles. The van der Waals surface area contributed by atoms with E-state index in [4.69, 9.17) is 4.74 Å². The summed E-state index contributed by atoms with van der Waals surface area (Å²) in [6, 6.07) is 0. The van der Waals surface area contributed by atoms with Crippen molar-refractivity contribution in [3.63, 3.8) is 0 Å². The van der Waals surface area contributed by atoms with Crippen molar-refractivity contribution >= 4 is 13.8 Å². The molecule has 14 heavy (non-hydrogen) atoms. The monoisotopic (exact) mass is 198 g/mol. The molecule has 0 N–H and O–H groups in total. The molecular formula is C11H23BO2. The molecule has 0 atom stereocenters. The lowest BCUT2D eigenvalue weighted by Gasteiger charge is -2.32. The average molecular weight is 198 g/mol. The molecule has 0 aliphatic carbocycles. The summed E-state index contributed by atoms with van der Waals surface area (Å²) in [6.07, 6.45) is 1.95. The molecule has 0 aromatic rings. The fourth-order valence-electron chi connectivity index (χ4n) is 1.72. The Kier molecular flexibility index (Phi) is 4.69. The van der Waals surface area contributed by atoms with E-state index in [-0.39, 0.29) is 16.8 Å². The SMILES string of the molecule is BCC(C)(C)CC(C)(C)C(=O)OCC. The van der Waals surface area contributed by atoms with Gasteiger partial charge in [0.1, 0.15) is 7.85 Å². The van der Waals surface area contributed by atoms with Gasteiger partial charge in [-0.3, -0.25) is 4.79 Å². The highest BCUT2D eigenvalue weighted by Gasteiger charge is 2.34. The molecule has 0 heterocycles. The second-order valence-electron chi connectivity index (χ2n) is 5.30. The van der Waals surface area contributed by atoms with Gasteiger partial charge in [-0.05, 0) is 32.6 Å². The molecule has 2 nitrogen and oxygen atoms in total. The molecule has 0 saturated carbocycles. The molecule has 0 spiro atoms. The van der Waals surface area contributed by atoms with Gasteiger partial charge in [-0.15, -0.1) is 0 Å². The number of carbonyl (C=O) groups excluding carboxylic acids is 1. The number of rotatable bonds is 5. The second-order valence-corrected chi connectivity index (χ2v) is 5.30. The van der Waals surface area contributed by atoms with Gasteiger partial charge < -0.3 is 4.74 Å². The standard InChI is InChI=1S/C11H23BO2/c1-6-14-9(13)11(4,5)7-10(2,3)8-12/h6-8,12H2,1-5H3. The zero-order chi connectivity index (χ0) is 11.4. The molecule has 0 bridgehead atoms. The van der Waals surface area contributed by atoms with Crippen molar-refractivity contribution in [2.75, 3.05) is 6.61 Å². The van der Waals surface area contributed by atoms with E-state index in [1.807, 2.05) is 20.8 Å². The van der Waals surface area contributed by atoms with Crippen LogP contribution >= 0.6 is 0 Å². The van der Waals surface area contributed by atoms with Crippen LogP contribution < -0.4 is 0 Å². The van der Waals surface area contributed by atoms with E-state index in [2.05, 4.69) is 21.7 Å². The first-order chi connectivity index (χ1) is 6.25. The van der Waals surface area contributed by atoms with E-state index in [1.165, 1.54) is 0 Å². The number of hydrogen-bond donors (Lipinski definition) is 0. The highest BCUT2D eigenvalue weighted by atomic mass is 16.5. The van der Waals surface area contributed by atoms with Crippen molar-refractivity contribution in [2.45, 2.75) is 47.4 Å². The van der Waals surface area contributed by atoms with Crippen molar-refractivity contribution in [1.82, 2.24) is 0 Å². The zero-order valence-electron chi connectivity index (χ0n) is 10.4. The van der Waals surface area contributed by atoms with Gasteiger partial charge in [0.2, 0.25) is 0 Å². The van der Waals surface area contributed by atoms with Gasteiger partial charge in [-0.1, -0.05) is 20.2 Å². The minimum atomic E-state index is -0.366. The molecule has 0 unspecified atom stereocenters. The van der Waals surface area contributed by atoms with Gasteiger partial charge in [0, 0.05) is 0 Å². The number of esters is 1. The van der Waals surface area contributed by atoms with Crippen LogP contribution in [0.1, 0.15) is 41.0 Å². The van der Waals surface area contributed by atoms with Crippen LogP contribution in [-0.2, 0) is 9.53 Å². The third-order valence-electron chi connectivity index (χ3n) is 2.71. The molecule has 3 heteroatoms. The van der Waals surface area contributed by atoms with Crippen molar-refractivity contribution in [2.24, 2.45) is 10.8 Å². The van der Waals surface area contributed by atoms with Gasteiger partial charge in [0.25, 0.3) is 0 Å². The minimum absolute atomic E-state index is 0.0819. The van der Waals surface area contributed by atoms with E-state index in [1.54, 1.807) is 0 Å². The predicted octanol–water partition coefficient (Wildman–Crippen LogP) is 2.04. The van der Waals surface area contributed by atoms with Crippen molar-refractivity contribution in [1.29, 1.82) is 0 Å². The fourth-order valence-corrected chi connectivity index (χ4v) is 1.72. The summed E-state index contributed by atoms with van der Waals surface area (Å²) in [4.78, 5) is 11.6. The first-order valence-electron chi connectivity index (χ1n) is 5.42. The van der Waals surface area contributed by atoms with Gasteiger partial charge >= 0.3 is 5.97 Å². The number of ether oxygens (including phenoxy) is 1. The number of hydrogen-bond acceptors (Lipinski definition) is 2. The lowest BCUT2D eigenvalue weighted by atomic mass is 9.69.